The molecule has 3 aliphatic rings. The SMILES string of the molecule is COC1(c2nc(-c3ccc4c(c3OC3CCC3)CCC(C)(C)N4C(=O)O)cs2)CNC1. The number of methoxy groups -OCH3 is 1. The standard InChI is InChI=1S/C23H29N3O4S/c1-22(2)10-9-16-18(26(22)21(27)28)8-7-15(19(16)30-14-5-4-6-14)17-11-31-20(25-17)23(29-3)12-24-13-23/h7-8,11,14,24H,4-6,9-10,12-13H2,1-3H3,(H,27,28). The van der Waals surface area contributed by atoms with E-state index >= 15 is 0 Å². The summed E-state index contributed by atoms with van der Waals surface area (Å²) in [5.41, 5.74) is 2.71. The lowest BCUT2D eigenvalue weighted by molar-refractivity contribution is -0.0565. The van der Waals surface area contributed by atoms with Gasteiger partial charge in [-0.2, -0.15) is 0 Å². The molecular weight excluding hydrogens is 414 g/mol. The summed E-state index contributed by atoms with van der Waals surface area (Å²) in [6.45, 7) is 5.48. The van der Waals surface area contributed by atoms with Crippen molar-refractivity contribution in [3.63, 3.8) is 0 Å². The molecule has 0 bridgehead atoms. The van der Waals surface area contributed by atoms with Crippen LogP contribution < -0.4 is 15.0 Å². The van der Waals surface area contributed by atoms with Gasteiger partial charge in [-0.15, -0.1) is 11.3 Å². The highest BCUT2D eigenvalue weighted by Crippen LogP contribution is 2.47. The van der Waals surface area contributed by atoms with Crippen molar-refractivity contribution in [1.29, 1.82) is 0 Å². The maximum atomic E-state index is 12.1. The van der Waals surface area contributed by atoms with Crippen molar-refractivity contribution in [3.05, 3.63) is 28.1 Å². The van der Waals surface area contributed by atoms with Gasteiger partial charge < -0.3 is 19.9 Å². The van der Waals surface area contributed by atoms with Crippen LogP contribution >= 0.6 is 11.3 Å². The van der Waals surface area contributed by atoms with Gasteiger partial charge in [-0.25, -0.2) is 9.78 Å². The van der Waals surface area contributed by atoms with Gasteiger partial charge in [0.15, 0.2) is 0 Å². The lowest BCUT2D eigenvalue weighted by atomic mass is 9.85. The number of rotatable bonds is 5. The summed E-state index contributed by atoms with van der Waals surface area (Å²) < 4.78 is 12.3. The van der Waals surface area contributed by atoms with Gasteiger partial charge in [-0.1, -0.05) is 0 Å². The maximum Gasteiger partial charge on any atom is 0.412 e. The molecule has 3 heterocycles. The lowest BCUT2D eigenvalue weighted by Crippen LogP contribution is -2.57. The Morgan fingerprint density at radius 2 is 2.10 bits per heavy atom. The van der Waals surface area contributed by atoms with Gasteiger partial charge in [-0.05, 0) is 58.1 Å². The number of aromatic nitrogens is 1. The zero-order valence-corrected chi connectivity index (χ0v) is 19.1. The van der Waals surface area contributed by atoms with Gasteiger partial charge in [0.25, 0.3) is 0 Å². The van der Waals surface area contributed by atoms with E-state index in [1.54, 1.807) is 18.4 Å². The quantitative estimate of drug-likeness (QED) is 0.713. The van der Waals surface area contributed by atoms with E-state index in [0.29, 0.717) is 0 Å². The summed E-state index contributed by atoms with van der Waals surface area (Å²) in [7, 11) is 1.73. The Morgan fingerprint density at radius 1 is 1.32 bits per heavy atom. The molecule has 1 aromatic heterocycles. The highest BCUT2D eigenvalue weighted by molar-refractivity contribution is 7.10. The average molecular weight is 444 g/mol. The average Bonchev–Trinajstić information content (AvgIpc) is 3.12. The number of nitrogens with one attached hydrogen (secondary N) is 1. The Morgan fingerprint density at radius 3 is 2.68 bits per heavy atom. The van der Waals surface area contributed by atoms with Crippen LogP contribution in [0.1, 0.15) is 50.1 Å². The van der Waals surface area contributed by atoms with Crippen molar-refractivity contribution in [3.8, 4) is 17.0 Å². The number of fused-ring (bicyclic) bond motifs is 1. The Labute approximate surface area is 186 Å². The van der Waals surface area contributed by atoms with Crippen molar-refractivity contribution in [2.24, 2.45) is 0 Å². The predicted molar refractivity (Wildman–Crippen MR) is 120 cm³/mol. The molecule has 8 heteroatoms. The second-order valence-corrected chi connectivity index (χ2v) is 10.2. The first-order valence-corrected chi connectivity index (χ1v) is 11.8. The molecule has 31 heavy (non-hydrogen) atoms. The lowest BCUT2D eigenvalue weighted by Gasteiger charge is -2.42. The van der Waals surface area contributed by atoms with Crippen molar-refractivity contribution in [2.75, 3.05) is 25.1 Å². The summed E-state index contributed by atoms with van der Waals surface area (Å²) in [4.78, 5) is 18.6. The summed E-state index contributed by atoms with van der Waals surface area (Å²) in [5.74, 6) is 0.805. The Kier molecular flexibility index (Phi) is 4.99. The molecule has 1 saturated heterocycles. The highest BCUT2D eigenvalue weighted by Gasteiger charge is 2.43. The molecule has 5 rings (SSSR count). The summed E-state index contributed by atoms with van der Waals surface area (Å²) >= 11 is 1.61. The molecule has 1 saturated carbocycles. The topological polar surface area (TPSA) is 83.9 Å². The Bertz CT molecular complexity index is 1000. The van der Waals surface area contributed by atoms with Gasteiger partial charge in [0.2, 0.25) is 0 Å². The zero-order valence-electron chi connectivity index (χ0n) is 18.2. The maximum absolute atomic E-state index is 12.1. The largest absolute Gasteiger partial charge is 0.489 e. The minimum Gasteiger partial charge on any atom is -0.489 e. The predicted octanol–water partition coefficient (Wildman–Crippen LogP) is 4.40. The molecule has 7 nitrogen and oxygen atoms in total. The molecule has 1 amide bonds. The number of carbonyl (C=O) groups is 1. The normalized spacial score (nSPS) is 21.7. The van der Waals surface area contributed by atoms with Crippen LogP contribution in [0, 0.1) is 0 Å². The number of hydrogen-bond acceptors (Lipinski definition) is 6. The van der Waals surface area contributed by atoms with Crippen LogP contribution in [-0.2, 0) is 16.8 Å². The first kappa shape index (κ1) is 20.7. The zero-order chi connectivity index (χ0) is 21.8. The molecule has 2 N–H and O–H groups in total. The number of amides is 1. The number of anilines is 1. The van der Waals surface area contributed by atoms with Gasteiger partial charge in [0.05, 0.1) is 17.5 Å². The molecule has 1 aromatic carbocycles. The summed E-state index contributed by atoms with van der Waals surface area (Å²) in [6, 6.07) is 3.89. The molecule has 2 aliphatic heterocycles. The van der Waals surface area contributed by atoms with E-state index in [4.69, 9.17) is 14.5 Å². The minimum absolute atomic E-state index is 0.192. The molecule has 0 radical (unpaired) electrons. The van der Waals surface area contributed by atoms with Crippen LogP contribution in [0.5, 0.6) is 5.75 Å². The fourth-order valence-electron chi connectivity index (χ4n) is 4.63. The number of carboxylic acid groups (broad SMARTS) is 1. The van der Waals surface area contributed by atoms with E-state index < -0.39 is 11.6 Å². The number of hydrogen-bond donors (Lipinski definition) is 2. The third kappa shape index (κ3) is 3.32. The summed E-state index contributed by atoms with van der Waals surface area (Å²) in [5, 5.41) is 16.2. The van der Waals surface area contributed by atoms with Crippen LogP contribution in [-0.4, -0.2) is 48.0 Å². The fraction of sp³-hybridized carbons (Fsp3) is 0.565. The van der Waals surface area contributed by atoms with Crippen molar-refractivity contribution in [2.45, 2.75) is 63.2 Å². The molecule has 2 aromatic rings. The van der Waals surface area contributed by atoms with E-state index in [0.717, 1.165) is 72.0 Å². The Balaban J connectivity index is 1.60. The Hall–Kier alpha value is -2.16. The highest BCUT2D eigenvalue weighted by atomic mass is 32.1. The van der Waals surface area contributed by atoms with E-state index in [9.17, 15) is 9.90 Å². The molecule has 166 valence electrons. The van der Waals surface area contributed by atoms with E-state index in [-0.39, 0.29) is 11.7 Å². The van der Waals surface area contributed by atoms with Crippen LogP contribution in [0.4, 0.5) is 10.5 Å². The smallest absolute Gasteiger partial charge is 0.412 e. The van der Waals surface area contributed by atoms with E-state index in [2.05, 4.69) is 10.7 Å². The monoisotopic (exact) mass is 443 g/mol. The first-order valence-electron chi connectivity index (χ1n) is 10.9. The molecule has 0 spiro atoms. The summed E-state index contributed by atoms with van der Waals surface area (Å²) in [6.07, 6.45) is 4.05. The third-order valence-corrected chi connectivity index (χ3v) is 8.01. The van der Waals surface area contributed by atoms with Crippen LogP contribution in [0.15, 0.2) is 17.5 Å². The molecule has 2 fully saturated rings. The number of nitrogens with zero attached hydrogens (tertiary/aromatic N) is 2. The first-order chi connectivity index (χ1) is 14.8. The second kappa shape index (κ2) is 7.46. The molecular formula is C23H29N3O4S. The van der Waals surface area contributed by atoms with Crippen LogP contribution in [0.3, 0.4) is 0 Å². The number of ether oxygens (including phenoxy) is 2. The van der Waals surface area contributed by atoms with E-state index in [1.807, 2.05) is 26.0 Å². The second-order valence-electron chi connectivity index (χ2n) is 9.38. The van der Waals surface area contributed by atoms with Crippen molar-refractivity contribution >= 4 is 23.1 Å². The van der Waals surface area contributed by atoms with Gasteiger partial charge in [0.1, 0.15) is 16.4 Å². The van der Waals surface area contributed by atoms with Gasteiger partial charge in [-0.3, -0.25) is 4.90 Å². The number of benzene rings is 1. The van der Waals surface area contributed by atoms with E-state index in [1.165, 1.54) is 11.3 Å². The molecule has 0 unspecified atom stereocenters. The number of thiazole rings is 1. The third-order valence-electron chi connectivity index (χ3n) is 6.98. The molecule has 1 aliphatic carbocycles. The van der Waals surface area contributed by atoms with Crippen LogP contribution in [0.2, 0.25) is 0 Å². The molecule has 0 atom stereocenters. The minimum atomic E-state index is -0.927. The van der Waals surface area contributed by atoms with Crippen LogP contribution in [0.25, 0.3) is 11.3 Å². The van der Waals surface area contributed by atoms with Crippen molar-refractivity contribution < 1.29 is 19.4 Å². The fourth-order valence-corrected chi connectivity index (χ4v) is 5.63. The van der Waals surface area contributed by atoms with Crippen molar-refractivity contribution in [1.82, 2.24) is 10.3 Å². The van der Waals surface area contributed by atoms with Gasteiger partial charge in [0, 0.05) is 42.2 Å². The van der Waals surface area contributed by atoms with Gasteiger partial charge >= 0.3 is 6.09 Å².